The molecule has 2 N–H and O–H groups in total. The monoisotopic (exact) mass is 443 g/mol. The van der Waals surface area contributed by atoms with Gasteiger partial charge in [-0.2, -0.15) is 0 Å². The molecule has 4 atom stereocenters. The van der Waals surface area contributed by atoms with Gasteiger partial charge in [-0.15, -0.1) is 0 Å². The zero-order valence-corrected chi connectivity index (χ0v) is 19.0. The molecule has 0 saturated heterocycles. The van der Waals surface area contributed by atoms with Crippen molar-refractivity contribution in [3.8, 4) is 5.75 Å². The van der Waals surface area contributed by atoms with Crippen molar-refractivity contribution in [3.05, 3.63) is 101 Å². The summed E-state index contributed by atoms with van der Waals surface area (Å²) < 4.78 is 11.1. The molecule has 0 spiro atoms. The molecule has 1 saturated carbocycles. The zero-order valence-electron chi connectivity index (χ0n) is 19.0. The number of fused-ring (bicyclic) bond motifs is 2. The first kappa shape index (κ1) is 21.7. The van der Waals surface area contributed by atoms with Gasteiger partial charge in [0.2, 0.25) is 0 Å². The lowest BCUT2D eigenvalue weighted by molar-refractivity contribution is -0.165. The number of rotatable bonds is 6. The van der Waals surface area contributed by atoms with E-state index in [2.05, 4.69) is 17.4 Å². The minimum atomic E-state index is -1.11. The molecule has 2 bridgehead atoms. The molecule has 3 aliphatic rings. The maximum Gasteiger partial charge on any atom is 0.311 e. The average molecular weight is 444 g/mol. The van der Waals surface area contributed by atoms with Gasteiger partial charge in [-0.25, -0.2) is 0 Å². The fourth-order valence-electron chi connectivity index (χ4n) is 5.88. The van der Waals surface area contributed by atoms with Gasteiger partial charge in [0, 0.05) is 12.3 Å². The number of carbonyl (C=O) groups is 1. The van der Waals surface area contributed by atoms with E-state index in [-0.39, 0.29) is 18.5 Å². The smallest absolute Gasteiger partial charge is 0.311 e. The van der Waals surface area contributed by atoms with E-state index in [9.17, 15) is 9.90 Å². The quantitative estimate of drug-likeness (QED) is 0.558. The second-order valence-electron chi connectivity index (χ2n) is 9.07. The minimum Gasteiger partial charge on any atom is -0.497 e. The second-order valence-corrected chi connectivity index (χ2v) is 9.07. The molecule has 3 aromatic carbocycles. The SMILES string of the molecule is CNC12CC(O)(c3ccc(OC)cc3)C(CC1C(=O)OCc1ccccc1)c1ccccc12. The summed E-state index contributed by atoms with van der Waals surface area (Å²) in [4.78, 5) is 13.4. The van der Waals surface area contributed by atoms with Crippen molar-refractivity contribution < 1.29 is 19.4 Å². The second kappa shape index (κ2) is 8.32. The third-order valence-electron chi connectivity index (χ3n) is 7.55. The summed E-state index contributed by atoms with van der Waals surface area (Å²) in [7, 11) is 3.50. The van der Waals surface area contributed by atoms with E-state index in [1.54, 1.807) is 7.11 Å². The molecule has 6 rings (SSSR count). The fourth-order valence-corrected chi connectivity index (χ4v) is 5.88. The number of ether oxygens (including phenoxy) is 2. The lowest BCUT2D eigenvalue weighted by Crippen LogP contribution is -2.63. The molecule has 0 amide bonds. The van der Waals surface area contributed by atoms with Crippen LogP contribution in [0.2, 0.25) is 0 Å². The van der Waals surface area contributed by atoms with Gasteiger partial charge in [-0.1, -0.05) is 66.7 Å². The Hall–Kier alpha value is -3.15. The van der Waals surface area contributed by atoms with Crippen LogP contribution in [0.25, 0.3) is 0 Å². The predicted octanol–water partition coefficient (Wildman–Crippen LogP) is 4.25. The first-order valence-corrected chi connectivity index (χ1v) is 11.4. The molecule has 4 unspecified atom stereocenters. The molecule has 5 heteroatoms. The van der Waals surface area contributed by atoms with Crippen LogP contribution in [0.4, 0.5) is 0 Å². The number of esters is 1. The van der Waals surface area contributed by atoms with Crippen LogP contribution in [0.5, 0.6) is 5.75 Å². The van der Waals surface area contributed by atoms with Crippen LogP contribution in [0.3, 0.4) is 0 Å². The number of methoxy groups -OCH3 is 1. The Balaban J connectivity index is 1.52. The number of carbonyl (C=O) groups excluding carboxylic acids is 1. The minimum absolute atomic E-state index is 0.216. The van der Waals surface area contributed by atoms with Crippen LogP contribution in [0.15, 0.2) is 78.9 Å². The average Bonchev–Trinajstić information content (AvgIpc) is 2.88. The Labute approximate surface area is 194 Å². The predicted molar refractivity (Wildman–Crippen MR) is 126 cm³/mol. The highest BCUT2D eigenvalue weighted by Crippen LogP contribution is 2.62. The lowest BCUT2D eigenvalue weighted by Gasteiger charge is -2.59. The molecule has 0 heterocycles. The third kappa shape index (κ3) is 3.43. The summed E-state index contributed by atoms with van der Waals surface area (Å²) in [5.74, 6) is -0.102. The van der Waals surface area contributed by atoms with E-state index in [1.807, 2.05) is 73.8 Å². The van der Waals surface area contributed by atoms with E-state index in [1.165, 1.54) is 0 Å². The Kier molecular flexibility index (Phi) is 5.47. The van der Waals surface area contributed by atoms with Crippen LogP contribution in [0.1, 0.15) is 41.0 Å². The summed E-state index contributed by atoms with van der Waals surface area (Å²) in [6, 6.07) is 25.5. The molecule has 0 aliphatic heterocycles. The van der Waals surface area contributed by atoms with Crippen LogP contribution in [-0.2, 0) is 27.3 Å². The van der Waals surface area contributed by atoms with Crippen molar-refractivity contribution in [3.63, 3.8) is 0 Å². The molecule has 0 radical (unpaired) electrons. The zero-order chi connectivity index (χ0) is 23.1. The van der Waals surface area contributed by atoms with Gasteiger partial charge in [-0.05, 0) is 47.9 Å². The number of nitrogens with one attached hydrogen (secondary N) is 1. The molecule has 3 aromatic rings. The van der Waals surface area contributed by atoms with Gasteiger partial charge < -0.3 is 19.9 Å². The summed E-state index contributed by atoms with van der Waals surface area (Å²) >= 11 is 0. The number of hydrogen-bond acceptors (Lipinski definition) is 5. The maximum atomic E-state index is 13.4. The largest absolute Gasteiger partial charge is 0.497 e. The maximum absolute atomic E-state index is 13.4. The van der Waals surface area contributed by atoms with Gasteiger partial charge in [0.25, 0.3) is 0 Å². The molecule has 5 nitrogen and oxygen atoms in total. The van der Waals surface area contributed by atoms with Crippen LogP contribution in [0, 0.1) is 5.92 Å². The Morgan fingerprint density at radius 2 is 1.73 bits per heavy atom. The standard InChI is InChI=1S/C28H29NO4/c1-29-27-18-28(31,20-12-14-21(32-2)15-13-20)24(22-10-6-7-11-23(22)27)16-25(27)26(30)33-17-19-8-4-3-5-9-19/h3-15,24-25,29,31H,16-18H2,1-2H3. The third-order valence-corrected chi connectivity index (χ3v) is 7.55. The van der Waals surface area contributed by atoms with Gasteiger partial charge in [0.15, 0.2) is 0 Å². The molecular weight excluding hydrogens is 414 g/mol. The van der Waals surface area contributed by atoms with Crippen molar-refractivity contribution in [2.75, 3.05) is 14.2 Å². The summed E-state index contributed by atoms with van der Waals surface area (Å²) in [5.41, 5.74) is 2.11. The topological polar surface area (TPSA) is 67.8 Å². The van der Waals surface area contributed by atoms with E-state index >= 15 is 0 Å². The first-order valence-electron chi connectivity index (χ1n) is 11.4. The van der Waals surface area contributed by atoms with E-state index in [4.69, 9.17) is 9.47 Å². The van der Waals surface area contributed by atoms with Crippen molar-refractivity contribution in [2.24, 2.45) is 5.92 Å². The number of aliphatic hydroxyl groups is 1. The van der Waals surface area contributed by atoms with Crippen LogP contribution in [-0.4, -0.2) is 25.2 Å². The van der Waals surface area contributed by atoms with Crippen molar-refractivity contribution in [2.45, 2.75) is 36.5 Å². The molecule has 33 heavy (non-hydrogen) atoms. The van der Waals surface area contributed by atoms with E-state index < -0.39 is 17.1 Å². The van der Waals surface area contributed by atoms with Crippen molar-refractivity contribution >= 4 is 5.97 Å². The van der Waals surface area contributed by atoms with Crippen molar-refractivity contribution in [1.82, 2.24) is 5.32 Å². The Bertz CT molecular complexity index is 1150. The fraction of sp³-hybridized carbons (Fsp3) is 0.321. The molecule has 0 aromatic heterocycles. The van der Waals surface area contributed by atoms with Crippen molar-refractivity contribution in [1.29, 1.82) is 0 Å². The first-order chi connectivity index (χ1) is 16.0. The van der Waals surface area contributed by atoms with Gasteiger partial charge in [0.1, 0.15) is 12.4 Å². The Morgan fingerprint density at radius 3 is 2.42 bits per heavy atom. The summed E-state index contributed by atoms with van der Waals surface area (Å²) in [6.07, 6.45) is 0.892. The molecule has 3 aliphatic carbocycles. The van der Waals surface area contributed by atoms with Gasteiger partial charge in [-0.3, -0.25) is 4.79 Å². The number of benzene rings is 3. The Morgan fingerprint density at radius 1 is 1.03 bits per heavy atom. The highest BCUT2D eigenvalue weighted by Gasteiger charge is 2.63. The molecule has 1 fully saturated rings. The summed E-state index contributed by atoms with van der Waals surface area (Å²) in [6.45, 7) is 0.241. The van der Waals surface area contributed by atoms with E-state index in [0.717, 1.165) is 28.0 Å². The van der Waals surface area contributed by atoms with E-state index in [0.29, 0.717) is 12.8 Å². The molecular formula is C28H29NO4. The molecule has 170 valence electrons. The van der Waals surface area contributed by atoms with Gasteiger partial charge >= 0.3 is 5.97 Å². The highest BCUT2D eigenvalue weighted by atomic mass is 16.5. The van der Waals surface area contributed by atoms with Crippen LogP contribution < -0.4 is 10.1 Å². The number of hydrogen-bond donors (Lipinski definition) is 2. The van der Waals surface area contributed by atoms with Crippen LogP contribution >= 0.6 is 0 Å². The normalized spacial score (nSPS) is 27.6. The highest BCUT2D eigenvalue weighted by molar-refractivity contribution is 5.77. The lowest BCUT2D eigenvalue weighted by atomic mass is 9.50. The van der Waals surface area contributed by atoms with Gasteiger partial charge in [0.05, 0.1) is 24.2 Å². The summed E-state index contributed by atoms with van der Waals surface area (Å²) in [5, 5.41) is 15.6.